The number of nitrogens with zero attached hydrogens (tertiary/aromatic N) is 2. The number of esters is 1. The van der Waals surface area contributed by atoms with E-state index in [4.69, 9.17) is 9.72 Å². The molecule has 0 saturated heterocycles. The SMILES string of the molecule is CCOC(=O)c1c(-c2ccc([N+](=O)[O-])cc2)nc2ccc3ccccc3c2c1C. The van der Waals surface area contributed by atoms with Crippen molar-refractivity contribution in [1.29, 1.82) is 0 Å². The van der Waals surface area contributed by atoms with Gasteiger partial charge >= 0.3 is 5.97 Å². The molecular formula is C23H18N2O4. The number of hydrogen-bond donors (Lipinski definition) is 0. The molecule has 0 amide bonds. The van der Waals surface area contributed by atoms with Crippen LogP contribution in [0.3, 0.4) is 0 Å². The predicted molar refractivity (Wildman–Crippen MR) is 112 cm³/mol. The molecule has 0 spiro atoms. The Bertz CT molecular complexity index is 1260. The standard InChI is InChI=1S/C23H18N2O4/c1-3-29-23(26)21-14(2)20-18-7-5-4-6-15(18)10-13-19(20)24-22(21)16-8-11-17(12-9-16)25(27)28/h4-13H,3H2,1-2H3. The lowest BCUT2D eigenvalue weighted by molar-refractivity contribution is -0.384. The molecule has 3 aromatic carbocycles. The van der Waals surface area contributed by atoms with Crippen LogP contribution in [0.5, 0.6) is 0 Å². The van der Waals surface area contributed by atoms with Crippen molar-refractivity contribution >= 4 is 33.3 Å². The minimum atomic E-state index is -0.458. The first-order valence-corrected chi connectivity index (χ1v) is 9.25. The number of ether oxygens (including phenoxy) is 1. The molecule has 0 aliphatic rings. The highest BCUT2D eigenvalue weighted by Gasteiger charge is 2.22. The minimum Gasteiger partial charge on any atom is -0.462 e. The lowest BCUT2D eigenvalue weighted by Crippen LogP contribution is -2.11. The minimum absolute atomic E-state index is 0.0186. The van der Waals surface area contributed by atoms with E-state index < -0.39 is 10.9 Å². The first-order chi connectivity index (χ1) is 14.0. The van der Waals surface area contributed by atoms with Gasteiger partial charge in [0.1, 0.15) is 0 Å². The average molecular weight is 386 g/mol. The molecule has 0 unspecified atom stereocenters. The van der Waals surface area contributed by atoms with Gasteiger partial charge in [0, 0.05) is 23.1 Å². The quantitative estimate of drug-likeness (QED) is 0.202. The fourth-order valence-electron chi connectivity index (χ4n) is 3.63. The Labute approximate surface area is 166 Å². The Morgan fingerprint density at radius 3 is 2.48 bits per heavy atom. The molecule has 29 heavy (non-hydrogen) atoms. The molecule has 6 nitrogen and oxygen atoms in total. The molecule has 6 heteroatoms. The van der Waals surface area contributed by atoms with Gasteiger partial charge in [-0.05, 0) is 48.4 Å². The number of aromatic nitrogens is 1. The van der Waals surface area contributed by atoms with Crippen molar-refractivity contribution in [2.24, 2.45) is 0 Å². The second-order valence-corrected chi connectivity index (χ2v) is 6.67. The third-order valence-corrected chi connectivity index (χ3v) is 4.96. The van der Waals surface area contributed by atoms with Gasteiger partial charge < -0.3 is 4.74 Å². The molecule has 1 heterocycles. The van der Waals surface area contributed by atoms with Crippen molar-refractivity contribution in [2.45, 2.75) is 13.8 Å². The van der Waals surface area contributed by atoms with Crippen LogP contribution in [0.25, 0.3) is 32.9 Å². The van der Waals surface area contributed by atoms with E-state index in [-0.39, 0.29) is 12.3 Å². The van der Waals surface area contributed by atoms with Gasteiger partial charge in [-0.25, -0.2) is 9.78 Å². The Morgan fingerprint density at radius 2 is 1.79 bits per heavy atom. The zero-order valence-electron chi connectivity index (χ0n) is 16.0. The highest BCUT2D eigenvalue weighted by atomic mass is 16.6. The van der Waals surface area contributed by atoms with Crippen LogP contribution < -0.4 is 0 Å². The van der Waals surface area contributed by atoms with Crippen LogP contribution in [-0.2, 0) is 4.74 Å². The maximum absolute atomic E-state index is 12.8. The van der Waals surface area contributed by atoms with E-state index >= 15 is 0 Å². The zero-order chi connectivity index (χ0) is 20.5. The van der Waals surface area contributed by atoms with Gasteiger partial charge in [0.05, 0.1) is 28.3 Å². The van der Waals surface area contributed by atoms with Crippen LogP contribution in [0.4, 0.5) is 5.69 Å². The van der Waals surface area contributed by atoms with Crippen LogP contribution >= 0.6 is 0 Å². The van der Waals surface area contributed by atoms with E-state index in [9.17, 15) is 14.9 Å². The third kappa shape index (κ3) is 3.18. The van der Waals surface area contributed by atoms with Gasteiger partial charge in [0.15, 0.2) is 0 Å². The van der Waals surface area contributed by atoms with E-state index in [0.29, 0.717) is 16.8 Å². The molecule has 4 rings (SSSR count). The third-order valence-electron chi connectivity index (χ3n) is 4.96. The maximum Gasteiger partial charge on any atom is 0.340 e. The molecule has 0 fully saturated rings. The Hall–Kier alpha value is -3.80. The van der Waals surface area contributed by atoms with Gasteiger partial charge in [-0.3, -0.25) is 10.1 Å². The molecule has 144 valence electrons. The van der Waals surface area contributed by atoms with Crippen LogP contribution in [0, 0.1) is 17.0 Å². The number of pyridine rings is 1. The van der Waals surface area contributed by atoms with Crippen LogP contribution in [0.1, 0.15) is 22.8 Å². The summed E-state index contributed by atoms with van der Waals surface area (Å²) in [5, 5.41) is 13.9. The Kier molecular flexibility index (Phi) is 4.68. The maximum atomic E-state index is 12.8. The molecule has 0 atom stereocenters. The summed E-state index contributed by atoms with van der Waals surface area (Å²) in [7, 11) is 0. The fraction of sp³-hybridized carbons (Fsp3) is 0.130. The van der Waals surface area contributed by atoms with E-state index in [1.54, 1.807) is 19.1 Å². The van der Waals surface area contributed by atoms with Gasteiger partial charge in [-0.2, -0.15) is 0 Å². The molecule has 0 bridgehead atoms. The summed E-state index contributed by atoms with van der Waals surface area (Å²) in [5.41, 5.74) is 2.97. The number of hydrogen-bond acceptors (Lipinski definition) is 5. The number of rotatable bonds is 4. The highest BCUT2D eigenvalue weighted by Crippen LogP contribution is 2.34. The summed E-state index contributed by atoms with van der Waals surface area (Å²) in [6.45, 7) is 3.88. The molecule has 0 aliphatic carbocycles. The van der Waals surface area contributed by atoms with Crippen LogP contribution in [0.15, 0.2) is 60.7 Å². The fourth-order valence-corrected chi connectivity index (χ4v) is 3.63. The number of non-ortho nitro benzene ring substituents is 1. The normalized spacial score (nSPS) is 11.0. The van der Waals surface area contributed by atoms with E-state index in [1.807, 2.05) is 43.3 Å². The second kappa shape index (κ2) is 7.31. The van der Waals surface area contributed by atoms with E-state index in [1.165, 1.54) is 12.1 Å². The van der Waals surface area contributed by atoms with Crippen molar-refractivity contribution in [3.63, 3.8) is 0 Å². The molecule has 0 radical (unpaired) electrons. The lowest BCUT2D eigenvalue weighted by Gasteiger charge is -2.15. The summed E-state index contributed by atoms with van der Waals surface area (Å²) in [5.74, 6) is -0.458. The number of fused-ring (bicyclic) bond motifs is 3. The molecular weight excluding hydrogens is 368 g/mol. The summed E-state index contributed by atoms with van der Waals surface area (Å²) < 4.78 is 5.31. The van der Waals surface area contributed by atoms with Gasteiger partial charge in [-0.15, -0.1) is 0 Å². The summed E-state index contributed by atoms with van der Waals surface area (Å²) in [6.07, 6.45) is 0. The summed E-state index contributed by atoms with van der Waals surface area (Å²) in [6, 6.07) is 17.9. The van der Waals surface area contributed by atoms with Crippen molar-refractivity contribution in [1.82, 2.24) is 4.98 Å². The zero-order valence-corrected chi connectivity index (χ0v) is 16.0. The van der Waals surface area contributed by atoms with Crippen LogP contribution in [-0.4, -0.2) is 22.5 Å². The number of nitro groups is 1. The molecule has 0 aliphatic heterocycles. The second-order valence-electron chi connectivity index (χ2n) is 6.67. The number of carbonyl (C=O) groups excluding carboxylic acids is 1. The lowest BCUT2D eigenvalue weighted by atomic mass is 9.94. The molecule has 1 aromatic heterocycles. The largest absolute Gasteiger partial charge is 0.462 e. The molecule has 0 saturated carbocycles. The van der Waals surface area contributed by atoms with Crippen molar-refractivity contribution in [2.75, 3.05) is 6.61 Å². The number of benzene rings is 3. The Morgan fingerprint density at radius 1 is 1.07 bits per heavy atom. The van der Waals surface area contributed by atoms with E-state index in [2.05, 4.69) is 0 Å². The topological polar surface area (TPSA) is 82.3 Å². The average Bonchev–Trinajstić information content (AvgIpc) is 2.73. The Balaban J connectivity index is 2.05. The van der Waals surface area contributed by atoms with Gasteiger partial charge in [0.25, 0.3) is 5.69 Å². The molecule has 0 N–H and O–H groups in total. The highest BCUT2D eigenvalue weighted by molar-refractivity contribution is 6.12. The van der Waals surface area contributed by atoms with Gasteiger partial charge in [-0.1, -0.05) is 30.3 Å². The number of carbonyl (C=O) groups is 1. The smallest absolute Gasteiger partial charge is 0.340 e. The number of aryl methyl sites for hydroxylation is 1. The number of nitro benzene ring substituents is 1. The molecule has 4 aromatic rings. The summed E-state index contributed by atoms with van der Waals surface area (Å²) >= 11 is 0. The monoisotopic (exact) mass is 386 g/mol. The van der Waals surface area contributed by atoms with Gasteiger partial charge in [0.2, 0.25) is 0 Å². The first kappa shape index (κ1) is 18.6. The summed E-state index contributed by atoms with van der Waals surface area (Å²) in [4.78, 5) is 28.1. The van der Waals surface area contributed by atoms with Crippen LogP contribution in [0.2, 0.25) is 0 Å². The predicted octanol–water partition coefficient (Wildman–Crippen LogP) is 5.45. The van der Waals surface area contributed by atoms with E-state index in [0.717, 1.165) is 27.2 Å². The van der Waals surface area contributed by atoms with Crippen molar-refractivity contribution in [3.8, 4) is 11.3 Å². The first-order valence-electron chi connectivity index (χ1n) is 9.25. The van der Waals surface area contributed by atoms with Crippen molar-refractivity contribution in [3.05, 3.63) is 81.9 Å². The van der Waals surface area contributed by atoms with Crippen molar-refractivity contribution < 1.29 is 14.5 Å².